The van der Waals surface area contributed by atoms with Gasteiger partial charge in [0.15, 0.2) is 0 Å². The number of furan rings is 2. The van der Waals surface area contributed by atoms with Gasteiger partial charge in [0.1, 0.15) is 28.1 Å². The second kappa shape index (κ2) is 19.0. The number of fused-ring (bicyclic) bond motifs is 16. The Morgan fingerprint density at radius 2 is 1.02 bits per heavy atom. The molecule has 0 fully saturated rings. The number of ether oxygens (including phenoxy) is 1. The minimum atomic E-state index is -0.0563. The van der Waals surface area contributed by atoms with Gasteiger partial charge >= 0.3 is 0 Å². The zero-order valence-electron chi connectivity index (χ0n) is 45.8. The van der Waals surface area contributed by atoms with Crippen molar-refractivity contribution in [1.82, 2.24) is 14.1 Å². The number of benzene rings is 11. The van der Waals surface area contributed by atoms with Crippen molar-refractivity contribution in [2.75, 3.05) is 0 Å². The Balaban J connectivity index is 0.00000577. The van der Waals surface area contributed by atoms with Gasteiger partial charge in [-0.25, -0.2) is 4.98 Å². The zero-order valence-corrected chi connectivity index (χ0v) is 48.1. The minimum Gasteiger partial charge on any atom is -0.510 e. The van der Waals surface area contributed by atoms with E-state index in [4.69, 9.17) is 18.6 Å². The molecule has 0 atom stereocenters. The van der Waals surface area contributed by atoms with Gasteiger partial charge < -0.3 is 22.7 Å². The summed E-state index contributed by atoms with van der Waals surface area (Å²) in [6.45, 7) is 6.68. The molecule has 0 saturated heterocycles. The van der Waals surface area contributed by atoms with E-state index in [1.807, 2.05) is 48.7 Å². The fraction of sp³-hybridized carbons (Fsp3) is 0.0526. The molecule has 402 valence electrons. The molecule has 0 bridgehead atoms. The van der Waals surface area contributed by atoms with E-state index in [-0.39, 0.29) is 26.5 Å². The molecule has 0 N–H and O–H groups in total. The van der Waals surface area contributed by atoms with Crippen LogP contribution in [0.2, 0.25) is 0 Å². The quantitative estimate of drug-likeness (QED) is 0.123. The van der Waals surface area contributed by atoms with E-state index in [1.54, 1.807) is 0 Å². The van der Waals surface area contributed by atoms with E-state index in [2.05, 4.69) is 241 Å². The summed E-state index contributed by atoms with van der Waals surface area (Å²) in [7, 11) is 0. The van der Waals surface area contributed by atoms with Crippen LogP contribution in [-0.2, 0) is 26.5 Å². The first-order chi connectivity index (χ1) is 40.8. The van der Waals surface area contributed by atoms with Gasteiger partial charge in [0.2, 0.25) is 0 Å². The standard InChI is InChI=1S/C76H48N4O3.Pt/c1-76(2,3)49-37-38-77-73(42-49)80-66-25-9-6-19-57(66)58-34-32-52(44-68(58)80)81-51-16-12-15-50(43-51)78-45-79-74-53(48-31-36-72-65(41-48)60-21-8-11-28-70(60)83-72)22-13-23-62(74)63-39-46(47-30-35-71-64(40-47)59-20-7-10-27-69(59)82-71)29-33-56(63)54-17-4-5-18-55(54)61-24-14-26-67(78)75(61)79;/h4-42H,1-3H3;/q-2;. The van der Waals surface area contributed by atoms with Gasteiger partial charge in [-0.3, -0.25) is 4.57 Å². The maximum absolute atomic E-state index is 6.83. The smallest absolute Gasteiger partial charge is 0.268 e. The van der Waals surface area contributed by atoms with Crippen LogP contribution in [0.15, 0.2) is 246 Å². The molecule has 5 aromatic heterocycles. The van der Waals surface area contributed by atoms with Crippen LogP contribution in [0.25, 0.3) is 150 Å². The fourth-order valence-corrected chi connectivity index (χ4v) is 12.8. The number of imidazole rings is 1. The number of hydrogen-bond donors (Lipinski definition) is 0. The average Bonchev–Trinajstić information content (AvgIpc) is 2.23. The van der Waals surface area contributed by atoms with E-state index < -0.39 is 0 Å². The van der Waals surface area contributed by atoms with Crippen LogP contribution in [0.4, 0.5) is 0 Å². The van der Waals surface area contributed by atoms with E-state index in [0.717, 1.165) is 150 Å². The van der Waals surface area contributed by atoms with Crippen molar-refractivity contribution in [3.05, 3.63) is 261 Å². The normalized spacial score (nSPS) is 12.1. The number of pyridine rings is 1. The van der Waals surface area contributed by atoms with Crippen molar-refractivity contribution in [2.45, 2.75) is 26.2 Å². The average molecular weight is 1260 g/mol. The number of rotatable bonds is 6. The first kappa shape index (κ1) is 49.7. The molecule has 16 aromatic rings. The Bertz CT molecular complexity index is 5380. The summed E-state index contributed by atoms with van der Waals surface area (Å²) in [5.74, 6) is 1.94. The molecular weight excluding hydrogens is 1210 g/mol. The van der Waals surface area contributed by atoms with Crippen molar-refractivity contribution >= 4 is 76.7 Å². The van der Waals surface area contributed by atoms with Gasteiger partial charge in [-0.05, 0) is 138 Å². The Labute approximate surface area is 498 Å². The predicted octanol–water partition coefficient (Wildman–Crippen LogP) is 19.3. The summed E-state index contributed by atoms with van der Waals surface area (Å²) in [6.07, 6.45) is 5.89. The Hall–Kier alpha value is -10.1. The summed E-state index contributed by atoms with van der Waals surface area (Å²) in [5.41, 5.74) is 21.2. The van der Waals surface area contributed by atoms with Gasteiger partial charge in [0, 0.05) is 65.8 Å². The van der Waals surface area contributed by atoms with Crippen LogP contribution in [0, 0.1) is 18.5 Å². The maximum atomic E-state index is 6.83. The molecule has 6 heterocycles. The Kier molecular flexibility index (Phi) is 11.2. The SMILES string of the molecule is CC(C)(C)c1ccnc(-n2c3[c-]c(Oc4[c-]c(-n5[c-][n+]6c7c(cccc75)-c5ccccc5-c5ccc(-c7ccc8oc9ccccc9c8c7)cc5-c5cccc(-c7ccc8oc9ccccc9c8c7)c5-6)ccc4)ccc3c3ccccc32)c1.[Pt]. The predicted molar refractivity (Wildman–Crippen MR) is 334 cm³/mol. The van der Waals surface area contributed by atoms with Crippen molar-refractivity contribution in [3.63, 3.8) is 0 Å². The van der Waals surface area contributed by atoms with Crippen molar-refractivity contribution < 1.29 is 39.2 Å². The first-order valence-electron chi connectivity index (χ1n) is 28.1. The van der Waals surface area contributed by atoms with E-state index in [0.29, 0.717) is 11.5 Å². The number of nitrogens with zero attached hydrogens (tertiary/aromatic N) is 4. The molecular formula is C76H48N4O3Pt-2. The second-order valence-electron chi connectivity index (χ2n) is 22.7. The Morgan fingerprint density at radius 1 is 0.440 bits per heavy atom. The Morgan fingerprint density at radius 3 is 1.81 bits per heavy atom. The topological polar surface area (TPSA) is 62.1 Å². The van der Waals surface area contributed by atoms with Crippen LogP contribution in [0.5, 0.6) is 11.5 Å². The molecule has 11 aromatic carbocycles. The molecule has 1 aliphatic heterocycles. The monoisotopic (exact) mass is 1260 g/mol. The summed E-state index contributed by atoms with van der Waals surface area (Å²) in [6, 6.07) is 89.0. The summed E-state index contributed by atoms with van der Waals surface area (Å²) >= 11 is 0. The zero-order chi connectivity index (χ0) is 55.1. The first-order valence-corrected chi connectivity index (χ1v) is 28.1. The van der Waals surface area contributed by atoms with Crippen molar-refractivity contribution in [3.8, 4) is 84.3 Å². The largest absolute Gasteiger partial charge is 0.510 e. The minimum absolute atomic E-state index is 0. The molecule has 0 aliphatic carbocycles. The molecule has 0 amide bonds. The van der Waals surface area contributed by atoms with Gasteiger partial charge in [-0.1, -0.05) is 166 Å². The van der Waals surface area contributed by atoms with Gasteiger partial charge in [-0.15, -0.1) is 29.7 Å². The fourth-order valence-electron chi connectivity index (χ4n) is 12.8. The van der Waals surface area contributed by atoms with Crippen molar-refractivity contribution in [1.29, 1.82) is 0 Å². The molecule has 8 heteroatoms. The second-order valence-corrected chi connectivity index (χ2v) is 22.7. The summed E-state index contributed by atoms with van der Waals surface area (Å²) in [5, 5.41) is 6.51. The van der Waals surface area contributed by atoms with E-state index >= 15 is 0 Å². The van der Waals surface area contributed by atoms with E-state index in [1.165, 1.54) is 5.56 Å². The molecule has 84 heavy (non-hydrogen) atoms. The van der Waals surface area contributed by atoms with E-state index in [9.17, 15) is 0 Å². The third-order valence-electron chi connectivity index (χ3n) is 16.8. The van der Waals surface area contributed by atoms with Crippen LogP contribution in [0.3, 0.4) is 0 Å². The van der Waals surface area contributed by atoms with Crippen molar-refractivity contribution in [2.24, 2.45) is 0 Å². The van der Waals surface area contributed by atoms with Gasteiger partial charge in [-0.2, -0.15) is 18.2 Å². The molecule has 0 saturated carbocycles. The third kappa shape index (κ3) is 7.76. The molecule has 1 aliphatic rings. The van der Waals surface area contributed by atoms with Gasteiger partial charge in [0.25, 0.3) is 6.33 Å². The van der Waals surface area contributed by atoms with Gasteiger partial charge in [0.05, 0.1) is 16.7 Å². The summed E-state index contributed by atoms with van der Waals surface area (Å²) in [4.78, 5) is 4.91. The number of para-hydroxylation sites is 5. The molecule has 0 unspecified atom stereocenters. The van der Waals surface area contributed by atoms with Crippen LogP contribution in [-0.4, -0.2) is 14.1 Å². The van der Waals surface area contributed by atoms with Crippen LogP contribution in [0.1, 0.15) is 26.3 Å². The maximum Gasteiger partial charge on any atom is 0.268 e. The van der Waals surface area contributed by atoms with Crippen LogP contribution < -0.4 is 9.30 Å². The molecule has 0 spiro atoms. The van der Waals surface area contributed by atoms with Crippen LogP contribution >= 0.6 is 0 Å². The third-order valence-corrected chi connectivity index (χ3v) is 16.8. The summed E-state index contributed by atoms with van der Waals surface area (Å²) < 4.78 is 26.2. The molecule has 0 radical (unpaired) electrons. The number of hydrogen-bond acceptors (Lipinski definition) is 4. The number of aromatic nitrogens is 4. The molecule has 7 nitrogen and oxygen atoms in total. The molecule has 17 rings (SSSR count).